The number of hydrogen-bond donors (Lipinski definition) is 1. The second kappa shape index (κ2) is 8.48. The summed E-state index contributed by atoms with van der Waals surface area (Å²) < 4.78 is 6.86. The van der Waals surface area contributed by atoms with Gasteiger partial charge in [0.05, 0.1) is 23.5 Å². The van der Waals surface area contributed by atoms with Crippen LogP contribution >= 0.6 is 11.6 Å². The molecule has 1 N–H and O–H groups in total. The summed E-state index contributed by atoms with van der Waals surface area (Å²) in [6.45, 7) is 6.13. The molecule has 0 spiro atoms. The quantitative estimate of drug-likeness (QED) is 0.638. The van der Waals surface area contributed by atoms with E-state index in [-0.39, 0.29) is 11.9 Å². The van der Waals surface area contributed by atoms with E-state index in [2.05, 4.69) is 24.3 Å². The molecule has 0 fully saturated rings. The largest absolute Gasteiger partial charge is 0.497 e. The van der Waals surface area contributed by atoms with Crippen LogP contribution in [0.4, 0.5) is 0 Å². The average Bonchev–Trinajstić information content (AvgIpc) is 3.13. The summed E-state index contributed by atoms with van der Waals surface area (Å²) in [5.41, 5.74) is 2.64. The molecule has 146 valence electrons. The van der Waals surface area contributed by atoms with Crippen molar-refractivity contribution in [2.45, 2.75) is 26.8 Å². The standard InChI is InChI=1S/C22H24ClN3O2/c1-14(2)15(3)24-22(27)21-13-20(18-7-5-6-8-19(18)23)25-26(21)16-9-11-17(28-4)12-10-16/h5-15H,1-4H3,(H,24,27)/t15-/m0/s1. The van der Waals surface area contributed by atoms with Crippen LogP contribution in [0.3, 0.4) is 0 Å². The van der Waals surface area contributed by atoms with Gasteiger partial charge in [0.2, 0.25) is 0 Å². The van der Waals surface area contributed by atoms with Gasteiger partial charge >= 0.3 is 0 Å². The number of nitrogens with zero attached hydrogens (tertiary/aromatic N) is 2. The molecule has 3 rings (SSSR count). The Morgan fingerprint density at radius 1 is 1.11 bits per heavy atom. The van der Waals surface area contributed by atoms with Gasteiger partial charge in [-0.3, -0.25) is 4.79 Å². The first-order valence-corrected chi connectivity index (χ1v) is 9.58. The second-order valence-electron chi connectivity index (χ2n) is 7.01. The van der Waals surface area contributed by atoms with E-state index < -0.39 is 0 Å². The van der Waals surface area contributed by atoms with E-state index in [4.69, 9.17) is 16.3 Å². The van der Waals surface area contributed by atoms with Gasteiger partial charge in [-0.2, -0.15) is 5.10 Å². The Labute approximate surface area is 170 Å². The zero-order valence-corrected chi connectivity index (χ0v) is 17.2. The molecule has 0 radical (unpaired) electrons. The third-order valence-corrected chi connectivity index (χ3v) is 5.10. The highest BCUT2D eigenvalue weighted by Gasteiger charge is 2.21. The third kappa shape index (κ3) is 4.20. The monoisotopic (exact) mass is 397 g/mol. The Kier molecular flexibility index (Phi) is 6.05. The van der Waals surface area contributed by atoms with Gasteiger partial charge in [-0.25, -0.2) is 4.68 Å². The number of amides is 1. The van der Waals surface area contributed by atoms with Crippen LogP contribution in [0, 0.1) is 5.92 Å². The normalized spacial score (nSPS) is 12.1. The average molecular weight is 398 g/mol. The van der Waals surface area contributed by atoms with E-state index in [0.29, 0.717) is 22.3 Å². The van der Waals surface area contributed by atoms with Gasteiger partial charge in [-0.15, -0.1) is 0 Å². The number of aromatic nitrogens is 2. The van der Waals surface area contributed by atoms with Crippen molar-refractivity contribution in [2.75, 3.05) is 7.11 Å². The van der Waals surface area contributed by atoms with E-state index in [9.17, 15) is 4.79 Å². The van der Waals surface area contributed by atoms with E-state index >= 15 is 0 Å². The van der Waals surface area contributed by atoms with Gasteiger partial charge in [-0.1, -0.05) is 43.6 Å². The summed E-state index contributed by atoms with van der Waals surface area (Å²) in [6.07, 6.45) is 0. The Morgan fingerprint density at radius 3 is 2.39 bits per heavy atom. The maximum Gasteiger partial charge on any atom is 0.270 e. The summed E-state index contributed by atoms with van der Waals surface area (Å²) in [4.78, 5) is 13.0. The van der Waals surface area contributed by atoms with Gasteiger partial charge in [0.1, 0.15) is 11.4 Å². The number of carbonyl (C=O) groups is 1. The van der Waals surface area contributed by atoms with Crippen LogP contribution in [0.5, 0.6) is 5.75 Å². The summed E-state index contributed by atoms with van der Waals surface area (Å²) in [5, 5.41) is 8.31. The number of carbonyl (C=O) groups excluding carboxylic acids is 1. The number of benzene rings is 2. The summed E-state index contributed by atoms with van der Waals surface area (Å²) in [7, 11) is 1.62. The van der Waals surface area contributed by atoms with Crippen molar-refractivity contribution in [3.8, 4) is 22.7 Å². The Morgan fingerprint density at radius 2 is 1.79 bits per heavy atom. The number of halogens is 1. The van der Waals surface area contributed by atoms with Crippen LogP contribution < -0.4 is 10.1 Å². The molecule has 6 heteroatoms. The van der Waals surface area contributed by atoms with Crippen molar-refractivity contribution in [1.82, 2.24) is 15.1 Å². The molecule has 0 saturated carbocycles. The predicted molar refractivity (Wildman–Crippen MR) is 112 cm³/mol. The van der Waals surface area contributed by atoms with Crippen LogP contribution in [0.15, 0.2) is 54.6 Å². The number of hydrogen-bond acceptors (Lipinski definition) is 3. The minimum Gasteiger partial charge on any atom is -0.497 e. The molecule has 28 heavy (non-hydrogen) atoms. The first-order chi connectivity index (χ1) is 13.4. The number of ether oxygens (including phenoxy) is 1. The zero-order chi connectivity index (χ0) is 20.3. The maximum atomic E-state index is 13.0. The molecule has 0 aliphatic heterocycles. The molecule has 1 heterocycles. The Hall–Kier alpha value is -2.79. The van der Waals surface area contributed by atoms with Crippen LogP contribution in [-0.2, 0) is 0 Å². The lowest BCUT2D eigenvalue weighted by Gasteiger charge is -2.17. The minimum atomic E-state index is -0.178. The SMILES string of the molecule is COc1ccc(-n2nc(-c3ccccc3Cl)cc2C(=O)N[C@@H](C)C(C)C)cc1. The summed E-state index contributed by atoms with van der Waals surface area (Å²) in [5.74, 6) is 0.883. The van der Waals surface area contributed by atoms with Gasteiger partial charge < -0.3 is 10.1 Å². The van der Waals surface area contributed by atoms with Crippen molar-refractivity contribution in [3.05, 3.63) is 65.3 Å². The van der Waals surface area contributed by atoms with Crippen LogP contribution in [0.2, 0.25) is 5.02 Å². The first-order valence-electron chi connectivity index (χ1n) is 9.21. The fraction of sp³-hybridized carbons (Fsp3) is 0.273. The lowest BCUT2D eigenvalue weighted by molar-refractivity contribution is 0.0922. The highest BCUT2D eigenvalue weighted by Crippen LogP contribution is 2.28. The molecule has 1 amide bonds. The molecule has 0 bridgehead atoms. The molecule has 0 aliphatic carbocycles. The van der Waals surface area contributed by atoms with Gasteiger partial charge in [-0.05, 0) is 49.2 Å². The number of nitrogens with one attached hydrogen (secondary N) is 1. The van der Waals surface area contributed by atoms with Crippen molar-refractivity contribution in [1.29, 1.82) is 0 Å². The van der Waals surface area contributed by atoms with Gasteiger partial charge in [0, 0.05) is 11.6 Å². The first kappa shape index (κ1) is 20.0. The molecule has 2 aromatic carbocycles. The topological polar surface area (TPSA) is 56.2 Å². The fourth-order valence-corrected chi connectivity index (χ4v) is 2.94. The number of methoxy groups -OCH3 is 1. The highest BCUT2D eigenvalue weighted by atomic mass is 35.5. The van der Waals surface area contributed by atoms with Crippen LogP contribution in [0.1, 0.15) is 31.3 Å². The van der Waals surface area contributed by atoms with Gasteiger partial charge in [0.15, 0.2) is 0 Å². The molecular weight excluding hydrogens is 374 g/mol. The van der Waals surface area contributed by atoms with E-state index in [1.54, 1.807) is 17.9 Å². The predicted octanol–water partition coefficient (Wildman–Crippen LogP) is 4.98. The van der Waals surface area contributed by atoms with Crippen LogP contribution in [-0.4, -0.2) is 28.8 Å². The van der Waals surface area contributed by atoms with E-state index in [1.165, 1.54) is 0 Å². The molecule has 0 unspecified atom stereocenters. The maximum absolute atomic E-state index is 13.0. The summed E-state index contributed by atoms with van der Waals surface area (Å²) in [6, 6.07) is 16.7. The minimum absolute atomic E-state index is 0.0375. The Balaban J connectivity index is 2.07. The smallest absolute Gasteiger partial charge is 0.270 e. The van der Waals surface area contributed by atoms with E-state index in [1.807, 2.05) is 55.5 Å². The molecule has 3 aromatic rings. The van der Waals surface area contributed by atoms with Gasteiger partial charge in [0.25, 0.3) is 5.91 Å². The molecular formula is C22H24ClN3O2. The Bertz CT molecular complexity index is 964. The molecule has 0 saturated heterocycles. The summed E-state index contributed by atoms with van der Waals surface area (Å²) >= 11 is 6.35. The van der Waals surface area contributed by atoms with E-state index in [0.717, 1.165) is 17.0 Å². The van der Waals surface area contributed by atoms with Crippen molar-refractivity contribution in [2.24, 2.45) is 5.92 Å². The number of rotatable bonds is 6. The molecule has 5 nitrogen and oxygen atoms in total. The van der Waals surface area contributed by atoms with Crippen molar-refractivity contribution < 1.29 is 9.53 Å². The van der Waals surface area contributed by atoms with Crippen molar-refractivity contribution >= 4 is 17.5 Å². The lowest BCUT2D eigenvalue weighted by atomic mass is 10.1. The zero-order valence-electron chi connectivity index (χ0n) is 16.4. The third-order valence-electron chi connectivity index (χ3n) is 4.77. The van der Waals surface area contributed by atoms with Crippen molar-refractivity contribution in [3.63, 3.8) is 0 Å². The highest BCUT2D eigenvalue weighted by molar-refractivity contribution is 6.33. The molecule has 1 atom stereocenters. The van der Waals surface area contributed by atoms with Crippen LogP contribution in [0.25, 0.3) is 16.9 Å². The second-order valence-corrected chi connectivity index (χ2v) is 7.42. The lowest BCUT2D eigenvalue weighted by Crippen LogP contribution is -2.37. The molecule has 1 aromatic heterocycles. The fourth-order valence-electron chi connectivity index (χ4n) is 2.71. The molecule has 0 aliphatic rings.